The molecule has 0 spiro atoms. The van der Waals surface area contributed by atoms with Gasteiger partial charge in [-0.2, -0.15) is 5.10 Å². The van der Waals surface area contributed by atoms with Crippen molar-refractivity contribution in [3.05, 3.63) is 46.2 Å². The minimum atomic E-state index is 0. The molecule has 0 unspecified atom stereocenters. The van der Waals surface area contributed by atoms with Gasteiger partial charge in [-0.25, -0.2) is 4.68 Å². The molecule has 1 aromatic heterocycles. The summed E-state index contributed by atoms with van der Waals surface area (Å²) in [6.45, 7) is 0.684. The van der Waals surface area contributed by atoms with Crippen molar-refractivity contribution in [3.8, 4) is 0 Å². The van der Waals surface area contributed by atoms with Crippen LogP contribution in [0.5, 0.6) is 0 Å². The Morgan fingerprint density at radius 3 is 2.57 bits per heavy atom. The van der Waals surface area contributed by atoms with E-state index >= 15 is 0 Å². The molecule has 1 aromatic carbocycles. The molecule has 0 saturated carbocycles. The van der Waals surface area contributed by atoms with Crippen LogP contribution in [0.25, 0.3) is 0 Å². The van der Waals surface area contributed by atoms with Gasteiger partial charge in [-0.15, -0.1) is 17.0 Å². The van der Waals surface area contributed by atoms with E-state index in [4.69, 9.17) is 5.41 Å². The molecule has 2 rings (SSSR count). The van der Waals surface area contributed by atoms with Crippen molar-refractivity contribution in [2.45, 2.75) is 6.54 Å². The fourth-order valence-electron chi connectivity index (χ4n) is 1.11. The van der Waals surface area contributed by atoms with Crippen LogP contribution in [-0.4, -0.2) is 9.78 Å². The quantitative estimate of drug-likeness (QED) is 0.893. The molecule has 2 aromatic rings. The van der Waals surface area contributed by atoms with Crippen molar-refractivity contribution in [2.75, 3.05) is 0 Å². The molecule has 0 aliphatic heterocycles. The zero-order chi connectivity index (χ0) is 9.10. The van der Waals surface area contributed by atoms with Crippen molar-refractivity contribution in [1.82, 2.24) is 9.78 Å². The summed E-state index contributed by atoms with van der Waals surface area (Å²) in [7, 11) is 0. The number of halogens is 1. The summed E-state index contributed by atoms with van der Waals surface area (Å²) in [6, 6.07) is 10.0. The Morgan fingerprint density at radius 1 is 1.29 bits per heavy atom. The summed E-state index contributed by atoms with van der Waals surface area (Å²) >= 11 is 1.34. The number of rotatable bonds is 2. The summed E-state index contributed by atoms with van der Waals surface area (Å²) in [5.41, 5.74) is 2.86. The first-order chi connectivity index (χ1) is 6.36. The first-order valence-electron chi connectivity index (χ1n) is 3.95. The molecule has 0 bridgehead atoms. The minimum absolute atomic E-state index is 0. The average molecular weight is 272 g/mol. The summed E-state index contributed by atoms with van der Waals surface area (Å²) in [5, 5.41) is 11.6. The van der Waals surface area contributed by atoms with E-state index in [2.05, 4.69) is 5.10 Å². The van der Waals surface area contributed by atoms with Crippen LogP contribution in [0.2, 0.25) is 0 Å². The lowest BCUT2D eigenvalue weighted by molar-refractivity contribution is 0.649. The lowest BCUT2D eigenvalue weighted by Gasteiger charge is -1.99. The van der Waals surface area contributed by atoms with Gasteiger partial charge in [-0.3, -0.25) is 5.41 Å². The van der Waals surface area contributed by atoms with Crippen molar-refractivity contribution >= 4 is 28.3 Å². The van der Waals surface area contributed by atoms with Crippen LogP contribution in [0.3, 0.4) is 0 Å². The SMILES string of the molecule is Br.N=c1scnn1Cc1ccccc1. The van der Waals surface area contributed by atoms with E-state index in [1.807, 2.05) is 30.3 Å². The molecular weight excluding hydrogens is 262 g/mol. The van der Waals surface area contributed by atoms with Gasteiger partial charge < -0.3 is 0 Å². The highest BCUT2D eigenvalue weighted by Crippen LogP contribution is 1.99. The Bertz CT molecular complexity index is 435. The molecule has 0 aliphatic carbocycles. The maximum atomic E-state index is 7.52. The molecule has 0 radical (unpaired) electrons. The van der Waals surface area contributed by atoms with E-state index in [0.29, 0.717) is 11.3 Å². The highest BCUT2D eigenvalue weighted by atomic mass is 79.9. The molecule has 5 heteroatoms. The smallest absolute Gasteiger partial charge is 0.200 e. The van der Waals surface area contributed by atoms with Crippen molar-refractivity contribution in [2.24, 2.45) is 0 Å². The van der Waals surface area contributed by atoms with Gasteiger partial charge in [0.2, 0.25) is 0 Å². The van der Waals surface area contributed by atoms with Crippen LogP contribution < -0.4 is 4.80 Å². The third kappa shape index (κ3) is 2.52. The molecule has 0 amide bonds. The third-order valence-electron chi connectivity index (χ3n) is 1.76. The van der Waals surface area contributed by atoms with Crippen molar-refractivity contribution in [1.29, 1.82) is 5.41 Å². The largest absolute Gasteiger partial charge is 0.274 e. The monoisotopic (exact) mass is 271 g/mol. The first-order valence-corrected chi connectivity index (χ1v) is 4.83. The van der Waals surface area contributed by atoms with E-state index < -0.39 is 0 Å². The van der Waals surface area contributed by atoms with E-state index in [-0.39, 0.29) is 17.0 Å². The second kappa shape index (κ2) is 5.07. The number of aromatic nitrogens is 2. The van der Waals surface area contributed by atoms with E-state index in [1.54, 1.807) is 10.2 Å². The molecule has 74 valence electrons. The lowest BCUT2D eigenvalue weighted by Crippen LogP contribution is -2.15. The summed E-state index contributed by atoms with van der Waals surface area (Å²) in [6.07, 6.45) is 0. The standard InChI is InChI=1S/C9H9N3S.BrH/c10-9-12(11-7-13-9)6-8-4-2-1-3-5-8;/h1-5,7,10H,6H2;1H. The van der Waals surface area contributed by atoms with Crippen LogP contribution >= 0.6 is 28.3 Å². The number of nitrogens with zero attached hydrogens (tertiary/aromatic N) is 2. The second-order valence-corrected chi connectivity index (χ2v) is 3.52. The maximum absolute atomic E-state index is 7.52. The Labute approximate surface area is 96.3 Å². The Balaban J connectivity index is 0.000000980. The van der Waals surface area contributed by atoms with Gasteiger partial charge in [-0.05, 0) is 5.56 Å². The van der Waals surface area contributed by atoms with Gasteiger partial charge in [0.1, 0.15) is 5.51 Å². The molecule has 14 heavy (non-hydrogen) atoms. The molecule has 3 nitrogen and oxygen atoms in total. The second-order valence-electron chi connectivity index (χ2n) is 2.69. The van der Waals surface area contributed by atoms with Crippen LogP contribution in [0.15, 0.2) is 35.8 Å². The molecule has 0 aliphatic rings. The summed E-state index contributed by atoms with van der Waals surface area (Å²) in [5.74, 6) is 0. The molecule has 0 atom stereocenters. The van der Waals surface area contributed by atoms with Gasteiger partial charge in [-0.1, -0.05) is 41.7 Å². The van der Waals surface area contributed by atoms with Gasteiger partial charge in [0.25, 0.3) is 0 Å². The number of benzene rings is 1. The first kappa shape index (κ1) is 11.1. The fourth-order valence-corrected chi connectivity index (χ4v) is 1.61. The predicted octanol–water partition coefficient (Wildman–Crippen LogP) is 2.05. The molecule has 0 fully saturated rings. The zero-order valence-electron chi connectivity index (χ0n) is 7.38. The highest BCUT2D eigenvalue weighted by molar-refractivity contribution is 8.93. The number of hydrogen-bond donors (Lipinski definition) is 1. The lowest BCUT2D eigenvalue weighted by atomic mass is 10.2. The third-order valence-corrected chi connectivity index (χ3v) is 2.39. The van der Waals surface area contributed by atoms with Gasteiger partial charge in [0, 0.05) is 0 Å². The maximum Gasteiger partial charge on any atom is 0.200 e. The molecule has 0 saturated heterocycles. The van der Waals surface area contributed by atoms with E-state index in [9.17, 15) is 0 Å². The molecule has 1 heterocycles. The number of hydrogen-bond acceptors (Lipinski definition) is 3. The summed E-state index contributed by atoms with van der Waals surface area (Å²) < 4.78 is 1.68. The van der Waals surface area contributed by atoms with Crippen LogP contribution in [0.1, 0.15) is 5.56 Å². The van der Waals surface area contributed by atoms with E-state index in [1.165, 1.54) is 16.9 Å². The Morgan fingerprint density at radius 2 is 2.00 bits per heavy atom. The fraction of sp³-hybridized carbons (Fsp3) is 0.111. The van der Waals surface area contributed by atoms with Crippen molar-refractivity contribution < 1.29 is 0 Å². The molecular formula is C9H10BrN3S. The van der Waals surface area contributed by atoms with Gasteiger partial charge >= 0.3 is 0 Å². The van der Waals surface area contributed by atoms with Crippen LogP contribution in [0.4, 0.5) is 0 Å². The van der Waals surface area contributed by atoms with Crippen molar-refractivity contribution in [3.63, 3.8) is 0 Å². The van der Waals surface area contributed by atoms with E-state index in [0.717, 1.165) is 0 Å². The number of nitrogens with one attached hydrogen (secondary N) is 1. The zero-order valence-corrected chi connectivity index (χ0v) is 9.91. The average Bonchev–Trinajstić information content (AvgIpc) is 2.54. The van der Waals surface area contributed by atoms with Gasteiger partial charge in [0.05, 0.1) is 6.54 Å². The minimum Gasteiger partial charge on any atom is -0.274 e. The van der Waals surface area contributed by atoms with Gasteiger partial charge in [0.15, 0.2) is 4.80 Å². The summed E-state index contributed by atoms with van der Waals surface area (Å²) in [4.78, 5) is 0.490. The highest BCUT2D eigenvalue weighted by Gasteiger charge is 1.95. The van der Waals surface area contributed by atoms with Crippen LogP contribution in [-0.2, 0) is 6.54 Å². The molecule has 1 N–H and O–H groups in total. The Hall–Kier alpha value is -0.940. The normalized spacial score (nSPS) is 9.43. The Kier molecular flexibility index (Phi) is 4.03. The topological polar surface area (TPSA) is 41.7 Å². The predicted molar refractivity (Wildman–Crippen MR) is 61.8 cm³/mol. The van der Waals surface area contributed by atoms with Crippen LogP contribution in [0, 0.1) is 5.41 Å².